The number of rotatable bonds is 9. The highest BCUT2D eigenvalue weighted by Crippen LogP contribution is 2.43. The Labute approximate surface area is 216 Å². The van der Waals surface area contributed by atoms with Gasteiger partial charge in [0.05, 0.1) is 7.11 Å². The van der Waals surface area contributed by atoms with E-state index in [0.717, 1.165) is 22.8 Å². The van der Waals surface area contributed by atoms with Crippen LogP contribution in [0.25, 0.3) is 10.8 Å². The minimum Gasteiger partial charge on any atom is -0.468 e. The Morgan fingerprint density at radius 3 is 2.30 bits per heavy atom. The maximum atomic E-state index is 14.0. The van der Waals surface area contributed by atoms with Crippen LogP contribution in [-0.4, -0.2) is 54.6 Å². The van der Waals surface area contributed by atoms with E-state index in [-0.39, 0.29) is 18.2 Å². The number of amides is 1. The Balaban J connectivity index is 1.71. The highest BCUT2D eigenvalue weighted by molar-refractivity contribution is 6.12. The van der Waals surface area contributed by atoms with E-state index in [1.54, 1.807) is 24.3 Å². The monoisotopic (exact) mass is 500 g/mol. The third kappa shape index (κ3) is 4.72. The van der Waals surface area contributed by atoms with Crippen molar-refractivity contribution in [3.05, 3.63) is 83.4 Å². The zero-order chi connectivity index (χ0) is 26.7. The number of nitrogens with one attached hydrogen (secondary N) is 1. The first-order chi connectivity index (χ1) is 17.7. The summed E-state index contributed by atoms with van der Waals surface area (Å²) in [5.41, 5.74) is 12.3. The van der Waals surface area contributed by atoms with E-state index in [4.69, 9.17) is 21.6 Å². The van der Waals surface area contributed by atoms with E-state index in [1.165, 1.54) is 18.9 Å². The molecule has 1 saturated heterocycles. The van der Waals surface area contributed by atoms with Gasteiger partial charge in [0.25, 0.3) is 0 Å². The number of methoxy groups -OCH3 is 1. The highest BCUT2D eigenvalue weighted by Gasteiger charge is 2.62. The SMILES string of the molecule is COC(=O)[C@]1(C)C(=O)N(CCCc2ccccc2)[C@H](C(=O)c2ccc3ccc(C(=N)N)cc3c2)C1CN. The number of ketones is 1. The van der Waals surface area contributed by atoms with E-state index in [0.29, 0.717) is 24.1 Å². The van der Waals surface area contributed by atoms with Crippen molar-refractivity contribution in [3.8, 4) is 0 Å². The van der Waals surface area contributed by atoms with Crippen LogP contribution in [0.2, 0.25) is 0 Å². The molecule has 4 rings (SSSR count). The van der Waals surface area contributed by atoms with Crippen molar-refractivity contribution in [1.29, 1.82) is 5.41 Å². The molecule has 0 aliphatic carbocycles. The molecule has 1 fully saturated rings. The largest absolute Gasteiger partial charge is 0.468 e. The van der Waals surface area contributed by atoms with E-state index in [1.807, 2.05) is 42.5 Å². The number of hydrogen-bond donors (Lipinski definition) is 3. The number of likely N-dealkylation sites (tertiary alicyclic amines) is 1. The van der Waals surface area contributed by atoms with Crippen LogP contribution >= 0.6 is 0 Å². The molecule has 0 spiro atoms. The van der Waals surface area contributed by atoms with Crippen molar-refractivity contribution in [3.63, 3.8) is 0 Å². The standard InChI is InChI=1S/C29H32N4O4/c1-29(28(36)37-2)23(17-30)24(33(27(29)35)14-6-9-18-7-4-3-5-8-18)25(34)20-12-10-19-11-13-21(26(31)32)16-22(19)15-20/h3-5,7-8,10-13,15-16,23-24H,6,9,14,17,30H2,1-2H3,(H3,31,32)/t23?,24-,29-/m0/s1. The molecule has 3 aromatic carbocycles. The quantitative estimate of drug-likeness (QED) is 0.136. The maximum Gasteiger partial charge on any atom is 0.321 e. The Morgan fingerprint density at radius 1 is 1.03 bits per heavy atom. The van der Waals surface area contributed by atoms with Gasteiger partial charge in [0.2, 0.25) is 5.91 Å². The number of hydrogen-bond acceptors (Lipinski definition) is 6. The van der Waals surface area contributed by atoms with Crippen LogP contribution in [-0.2, 0) is 20.7 Å². The van der Waals surface area contributed by atoms with Gasteiger partial charge in [-0.15, -0.1) is 0 Å². The smallest absolute Gasteiger partial charge is 0.321 e. The molecule has 1 aliphatic heterocycles. The van der Waals surface area contributed by atoms with Gasteiger partial charge in [-0.2, -0.15) is 0 Å². The van der Waals surface area contributed by atoms with Gasteiger partial charge >= 0.3 is 5.97 Å². The zero-order valence-corrected chi connectivity index (χ0v) is 21.1. The van der Waals surface area contributed by atoms with Gasteiger partial charge in [0.15, 0.2) is 5.78 Å². The molecule has 1 amide bonds. The zero-order valence-electron chi connectivity index (χ0n) is 21.1. The molecule has 1 aliphatic rings. The van der Waals surface area contributed by atoms with Crippen molar-refractivity contribution in [1.82, 2.24) is 4.90 Å². The van der Waals surface area contributed by atoms with E-state index < -0.39 is 29.3 Å². The third-order valence-electron chi connectivity index (χ3n) is 7.44. The summed E-state index contributed by atoms with van der Waals surface area (Å²) in [7, 11) is 1.24. The van der Waals surface area contributed by atoms with Crippen molar-refractivity contribution in [2.75, 3.05) is 20.2 Å². The number of fused-ring (bicyclic) bond motifs is 1. The Bertz CT molecular complexity index is 1360. The number of nitrogens with zero attached hydrogens (tertiary/aromatic N) is 1. The van der Waals surface area contributed by atoms with Gasteiger partial charge in [-0.05, 0) is 54.8 Å². The second-order valence-electron chi connectivity index (χ2n) is 9.62. The predicted molar refractivity (Wildman–Crippen MR) is 142 cm³/mol. The van der Waals surface area contributed by atoms with Gasteiger partial charge in [-0.1, -0.05) is 54.6 Å². The second kappa shape index (κ2) is 10.5. The summed E-state index contributed by atoms with van der Waals surface area (Å²) < 4.78 is 5.00. The normalized spacial score (nSPS) is 21.3. The molecular formula is C29H32N4O4. The number of esters is 1. The fourth-order valence-corrected chi connectivity index (χ4v) is 5.33. The minimum absolute atomic E-state index is 0.0367. The van der Waals surface area contributed by atoms with Crippen LogP contribution in [0.5, 0.6) is 0 Å². The minimum atomic E-state index is -1.56. The molecule has 0 bridgehead atoms. The summed E-state index contributed by atoms with van der Waals surface area (Å²) in [6.45, 7) is 1.79. The molecule has 37 heavy (non-hydrogen) atoms. The summed E-state index contributed by atoms with van der Waals surface area (Å²) in [5, 5.41) is 9.36. The van der Waals surface area contributed by atoms with Crippen LogP contribution < -0.4 is 11.5 Å². The van der Waals surface area contributed by atoms with Crippen LogP contribution in [0.1, 0.15) is 34.8 Å². The molecule has 192 valence electrons. The molecule has 0 aromatic heterocycles. The lowest BCUT2D eigenvalue weighted by Crippen LogP contribution is -2.45. The topological polar surface area (TPSA) is 140 Å². The van der Waals surface area contributed by atoms with Crippen LogP contribution in [0.3, 0.4) is 0 Å². The van der Waals surface area contributed by atoms with Crippen LogP contribution in [0.15, 0.2) is 66.7 Å². The average Bonchev–Trinajstić information content (AvgIpc) is 3.14. The summed E-state index contributed by atoms with van der Waals surface area (Å²) in [6, 6.07) is 19.6. The first-order valence-electron chi connectivity index (χ1n) is 12.3. The first-order valence-corrected chi connectivity index (χ1v) is 12.3. The lowest BCUT2D eigenvalue weighted by atomic mass is 9.75. The molecule has 5 N–H and O–H groups in total. The van der Waals surface area contributed by atoms with E-state index in [9.17, 15) is 14.4 Å². The summed E-state index contributed by atoms with van der Waals surface area (Å²) >= 11 is 0. The number of nitrogen functional groups attached to an aromatic ring is 1. The fraction of sp³-hybridized carbons (Fsp3) is 0.310. The number of aryl methyl sites for hydroxylation is 1. The summed E-state index contributed by atoms with van der Waals surface area (Å²) in [6.07, 6.45) is 1.34. The van der Waals surface area contributed by atoms with E-state index in [2.05, 4.69) is 0 Å². The molecule has 8 nitrogen and oxygen atoms in total. The number of amidine groups is 1. The van der Waals surface area contributed by atoms with Crippen molar-refractivity contribution in [2.24, 2.45) is 22.8 Å². The Morgan fingerprint density at radius 2 is 1.68 bits per heavy atom. The molecule has 1 heterocycles. The number of carbonyl (C=O) groups is 3. The van der Waals surface area contributed by atoms with Crippen LogP contribution in [0, 0.1) is 16.7 Å². The summed E-state index contributed by atoms with van der Waals surface area (Å²) in [5.74, 6) is -2.24. The van der Waals surface area contributed by atoms with Gasteiger partial charge in [0, 0.05) is 23.6 Å². The molecular weight excluding hydrogens is 468 g/mol. The van der Waals surface area contributed by atoms with Gasteiger partial charge in [-0.25, -0.2) is 0 Å². The number of Topliss-reactive ketones (excluding diaryl/α,β-unsaturated/α-hetero) is 1. The molecule has 3 aromatic rings. The van der Waals surface area contributed by atoms with E-state index >= 15 is 0 Å². The Hall–Kier alpha value is -4.04. The molecule has 1 unspecified atom stereocenters. The average molecular weight is 501 g/mol. The predicted octanol–water partition coefficient (Wildman–Crippen LogP) is 2.90. The number of ether oxygens (including phenoxy) is 1. The molecule has 0 saturated carbocycles. The molecule has 3 atom stereocenters. The highest BCUT2D eigenvalue weighted by atomic mass is 16.5. The number of benzene rings is 3. The van der Waals surface area contributed by atoms with Crippen molar-refractivity contribution < 1.29 is 19.1 Å². The van der Waals surface area contributed by atoms with Crippen LogP contribution in [0.4, 0.5) is 0 Å². The molecule has 8 heteroatoms. The number of nitrogens with two attached hydrogens (primary N) is 2. The summed E-state index contributed by atoms with van der Waals surface area (Å²) in [4.78, 5) is 42.1. The maximum absolute atomic E-state index is 14.0. The number of carbonyl (C=O) groups excluding carboxylic acids is 3. The van der Waals surface area contributed by atoms with Gasteiger partial charge in [0.1, 0.15) is 17.3 Å². The lowest BCUT2D eigenvalue weighted by Gasteiger charge is -2.28. The Kier molecular flexibility index (Phi) is 7.40. The second-order valence-corrected chi connectivity index (χ2v) is 9.62. The molecule has 0 radical (unpaired) electrons. The van der Waals surface area contributed by atoms with Crippen molar-refractivity contribution in [2.45, 2.75) is 25.8 Å². The third-order valence-corrected chi connectivity index (χ3v) is 7.44. The first kappa shape index (κ1) is 26.0. The van der Waals surface area contributed by atoms with Crippen molar-refractivity contribution >= 4 is 34.3 Å². The van der Waals surface area contributed by atoms with Gasteiger partial charge < -0.3 is 21.1 Å². The fourth-order valence-electron chi connectivity index (χ4n) is 5.33. The lowest BCUT2D eigenvalue weighted by molar-refractivity contribution is -0.159. The van der Waals surface area contributed by atoms with Gasteiger partial charge in [-0.3, -0.25) is 19.8 Å².